The molecule has 1 amide bonds. The Balaban J connectivity index is 1.95. The van der Waals surface area contributed by atoms with E-state index in [0.29, 0.717) is 23.8 Å². The van der Waals surface area contributed by atoms with Crippen molar-refractivity contribution in [1.29, 1.82) is 0 Å². The molecule has 1 N–H and O–H groups in total. The molecule has 0 spiro atoms. The Hall–Kier alpha value is -1.96. The number of hydrogen-bond donors (Lipinski definition) is 1. The lowest BCUT2D eigenvalue weighted by Crippen LogP contribution is -2.29. The number of carbonyl (C=O) groups is 1. The fourth-order valence-electron chi connectivity index (χ4n) is 2.25. The zero-order valence-electron chi connectivity index (χ0n) is 14.3. The van der Waals surface area contributed by atoms with Gasteiger partial charge in [-0.3, -0.25) is 4.79 Å². The molecule has 0 atom stereocenters. The lowest BCUT2D eigenvalue weighted by atomic mass is 10.2. The van der Waals surface area contributed by atoms with Crippen molar-refractivity contribution in [2.45, 2.75) is 24.6 Å². The third-order valence-corrected chi connectivity index (χ3v) is 7.20. The molecule has 0 aliphatic rings. The molecule has 0 unspecified atom stereocenters. The third kappa shape index (κ3) is 5.26. The first-order valence-corrected chi connectivity index (χ1v) is 10.3. The minimum Gasteiger partial charge on any atom is -0.348 e. The lowest BCUT2D eigenvalue weighted by Gasteiger charge is -2.16. The third-order valence-electron chi connectivity index (χ3n) is 3.60. The molecule has 0 radical (unpaired) electrons. The average molecular weight is 379 g/mol. The van der Waals surface area contributed by atoms with Crippen molar-refractivity contribution in [2.24, 2.45) is 0 Å². The van der Waals surface area contributed by atoms with E-state index in [-0.39, 0.29) is 5.91 Å². The molecule has 0 aliphatic carbocycles. The molecule has 0 aliphatic heterocycles. The number of rotatable bonds is 8. The molecule has 0 saturated carbocycles. The van der Waals surface area contributed by atoms with Crippen LogP contribution in [0.2, 0.25) is 0 Å². The van der Waals surface area contributed by atoms with Gasteiger partial charge in [0.05, 0.1) is 6.54 Å². The molecule has 1 aromatic heterocycles. The minimum absolute atomic E-state index is 0.217. The van der Waals surface area contributed by atoms with Crippen LogP contribution in [-0.2, 0) is 21.4 Å². The van der Waals surface area contributed by atoms with Crippen molar-refractivity contribution in [3.05, 3.63) is 59.0 Å². The summed E-state index contributed by atoms with van der Waals surface area (Å²) in [5.41, 5.74) is 0.946. The van der Waals surface area contributed by atoms with Crippen LogP contribution in [0.5, 0.6) is 0 Å². The number of nitrogens with zero attached hydrogens (tertiary/aromatic N) is 1. The Morgan fingerprint density at radius 1 is 1.12 bits per heavy atom. The topological polar surface area (TPSA) is 66.5 Å². The smallest absolute Gasteiger partial charge is 0.252 e. The lowest BCUT2D eigenvalue weighted by molar-refractivity contribution is -0.116. The quantitative estimate of drug-likeness (QED) is 0.718. The predicted molar refractivity (Wildman–Crippen MR) is 102 cm³/mol. The second-order valence-corrected chi connectivity index (χ2v) is 8.60. The highest BCUT2D eigenvalue weighted by molar-refractivity contribution is 7.91. The summed E-state index contributed by atoms with van der Waals surface area (Å²) in [5.74, 6) is -0.217. The summed E-state index contributed by atoms with van der Waals surface area (Å²) in [7, 11) is -3.44. The van der Waals surface area contributed by atoms with Gasteiger partial charge in [0.15, 0.2) is 0 Å². The number of nitrogens with one attached hydrogen (secondary N) is 1. The average Bonchev–Trinajstić information content (AvgIpc) is 3.10. The van der Waals surface area contributed by atoms with E-state index in [1.165, 1.54) is 21.7 Å². The van der Waals surface area contributed by atoms with Gasteiger partial charge in [-0.15, -0.1) is 11.3 Å². The predicted octanol–water partition coefficient (Wildman–Crippen LogP) is 3.11. The summed E-state index contributed by atoms with van der Waals surface area (Å²) in [4.78, 5) is 12.7. The minimum atomic E-state index is -3.44. The number of amides is 1. The van der Waals surface area contributed by atoms with Gasteiger partial charge in [-0.1, -0.05) is 44.2 Å². The molecular weight excluding hydrogens is 356 g/mol. The molecule has 2 rings (SSSR count). The largest absolute Gasteiger partial charge is 0.348 e. The summed E-state index contributed by atoms with van der Waals surface area (Å²) in [6, 6.07) is 12.9. The van der Waals surface area contributed by atoms with Gasteiger partial charge in [0, 0.05) is 24.0 Å². The Kier molecular flexibility index (Phi) is 6.92. The molecule has 25 heavy (non-hydrogen) atoms. The van der Waals surface area contributed by atoms with Gasteiger partial charge < -0.3 is 5.32 Å². The highest BCUT2D eigenvalue weighted by Crippen LogP contribution is 2.24. The first-order chi connectivity index (χ1) is 12.0. The van der Waals surface area contributed by atoms with E-state index in [1.54, 1.807) is 18.2 Å². The van der Waals surface area contributed by atoms with E-state index in [9.17, 15) is 13.2 Å². The van der Waals surface area contributed by atoms with Crippen molar-refractivity contribution in [2.75, 3.05) is 13.1 Å². The molecule has 0 saturated heterocycles. The maximum atomic E-state index is 12.4. The molecule has 2 aromatic rings. The van der Waals surface area contributed by atoms with Crippen molar-refractivity contribution in [3.8, 4) is 0 Å². The molecule has 1 heterocycles. The maximum absolute atomic E-state index is 12.4. The molecule has 134 valence electrons. The van der Waals surface area contributed by atoms with E-state index in [4.69, 9.17) is 0 Å². The van der Waals surface area contributed by atoms with Crippen LogP contribution in [-0.4, -0.2) is 31.7 Å². The van der Waals surface area contributed by atoms with Crippen LogP contribution >= 0.6 is 11.3 Å². The summed E-state index contributed by atoms with van der Waals surface area (Å²) in [6.07, 6.45) is 3.20. The van der Waals surface area contributed by atoms with Crippen molar-refractivity contribution < 1.29 is 13.2 Å². The van der Waals surface area contributed by atoms with Gasteiger partial charge in [-0.05, 0) is 23.8 Å². The molecule has 7 heteroatoms. The van der Waals surface area contributed by atoms with Crippen LogP contribution in [0.3, 0.4) is 0 Å². The SMILES string of the molecule is CCN(CC)S(=O)(=O)c1ccc(CNC(=O)/C=C/c2ccccc2)s1. The van der Waals surface area contributed by atoms with Crippen LogP contribution in [0.25, 0.3) is 6.08 Å². The standard InChI is InChI=1S/C18H22N2O3S2/c1-3-20(4-2)25(22,23)18-13-11-16(24-18)14-19-17(21)12-10-15-8-6-5-7-9-15/h5-13H,3-4,14H2,1-2H3,(H,19,21)/b12-10+. The first-order valence-electron chi connectivity index (χ1n) is 8.07. The number of carbonyl (C=O) groups excluding carboxylic acids is 1. The summed E-state index contributed by atoms with van der Waals surface area (Å²) in [6.45, 7) is 4.81. The van der Waals surface area contributed by atoms with Gasteiger partial charge in [0.2, 0.25) is 5.91 Å². The number of sulfonamides is 1. The van der Waals surface area contributed by atoms with Crippen molar-refractivity contribution >= 4 is 33.3 Å². The van der Waals surface area contributed by atoms with Crippen LogP contribution in [0.1, 0.15) is 24.3 Å². The zero-order valence-corrected chi connectivity index (χ0v) is 15.9. The van der Waals surface area contributed by atoms with E-state index < -0.39 is 10.0 Å². The van der Waals surface area contributed by atoms with E-state index in [2.05, 4.69) is 5.32 Å². The Labute approximate surface area is 153 Å². The molecular formula is C18H22N2O3S2. The highest BCUT2D eigenvalue weighted by Gasteiger charge is 2.23. The normalized spacial score (nSPS) is 12.0. The fraction of sp³-hybridized carbons (Fsp3) is 0.278. The monoisotopic (exact) mass is 378 g/mol. The van der Waals surface area contributed by atoms with Gasteiger partial charge >= 0.3 is 0 Å². The Morgan fingerprint density at radius 3 is 2.44 bits per heavy atom. The van der Waals surface area contributed by atoms with Gasteiger partial charge in [0.25, 0.3) is 10.0 Å². The molecule has 0 bridgehead atoms. The van der Waals surface area contributed by atoms with E-state index >= 15 is 0 Å². The number of benzene rings is 1. The first kappa shape index (κ1) is 19.4. The zero-order chi connectivity index (χ0) is 18.3. The summed E-state index contributed by atoms with van der Waals surface area (Å²) < 4.78 is 26.6. The second-order valence-electron chi connectivity index (χ2n) is 5.27. The fourth-order valence-corrected chi connectivity index (χ4v) is 5.16. The van der Waals surface area contributed by atoms with E-state index in [0.717, 1.165) is 10.4 Å². The Morgan fingerprint density at radius 2 is 1.80 bits per heavy atom. The van der Waals surface area contributed by atoms with Crippen LogP contribution in [0.4, 0.5) is 0 Å². The molecule has 1 aromatic carbocycles. The molecule has 5 nitrogen and oxygen atoms in total. The van der Waals surface area contributed by atoms with Crippen LogP contribution < -0.4 is 5.32 Å². The number of hydrogen-bond acceptors (Lipinski definition) is 4. The van der Waals surface area contributed by atoms with Crippen molar-refractivity contribution in [3.63, 3.8) is 0 Å². The summed E-state index contributed by atoms with van der Waals surface area (Å²) in [5, 5.41) is 2.77. The molecule has 0 fully saturated rings. The number of thiophene rings is 1. The van der Waals surface area contributed by atoms with E-state index in [1.807, 2.05) is 44.2 Å². The van der Waals surface area contributed by atoms with Crippen LogP contribution in [0, 0.1) is 0 Å². The van der Waals surface area contributed by atoms with Crippen LogP contribution in [0.15, 0.2) is 52.7 Å². The van der Waals surface area contributed by atoms with Gasteiger partial charge in [0.1, 0.15) is 4.21 Å². The second kappa shape index (κ2) is 8.94. The summed E-state index contributed by atoms with van der Waals surface area (Å²) >= 11 is 1.19. The maximum Gasteiger partial charge on any atom is 0.252 e. The Bertz CT molecular complexity index is 823. The highest BCUT2D eigenvalue weighted by atomic mass is 32.2. The van der Waals surface area contributed by atoms with Gasteiger partial charge in [-0.25, -0.2) is 8.42 Å². The van der Waals surface area contributed by atoms with Crippen molar-refractivity contribution in [1.82, 2.24) is 9.62 Å². The van der Waals surface area contributed by atoms with Gasteiger partial charge in [-0.2, -0.15) is 4.31 Å².